The summed E-state index contributed by atoms with van der Waals surface area (Å²) in [5, 5.41) is 3.56. The fraction of sp³-hybridized carbons (Fsp3) is 0.538. The van der Waals surface area contributed by atoms with Crippen LogP contribution in [0.25, 0.3) is 0 Å². The van der Waals surface area contributed by atoms with Gasteiger partial charge in [0.25, 0.3) is 0 Å². The SMILES string of the molecule is CCCNC(C)(C)Cc1ccccc1. The summed E-state index contributed by atoms with van der Waals surface area (Å²) in [7, 11) is 0. The fourth-order valence-corrected chi connectivity index (χ4v) is 1.63. The van der Waals surface area contributed by atoms with E-state index in [-0.39, 0.29) is 5.54 Å². The molecular weight excluding hydrogens is 170 g/mol. The van der Waals surface area contributed by atoms with Crippen LogP contribution in [0.2, 0.25) is 0 Å². The molecule has 1 heteroatoms. The second-order valence-corrected chi connectivity index (χ2v) is 4.47. The molecule has 0 saturated carbocycles. The monoisotopic (exact) mass is 191 g/mol. The lowest BCUT2D eigenvalue weighted by Gasteiger charge is -2.26. The van der Waals surface area contributed by atoms with Crippen molar-refractivity contribution in [2.75, 3.05) is 6.54 Å². The number of hydrogen-bond acceptors (Lipinski definition) is 1. The Morgan fingerprint density at radius 3 is 2.36 bits per heavy atom. The molecule has 0 aliphatic rings. The average molecular weight is 191 g/mol. The van der Waals surface area contributed by atoms with E-state index < -0.39 is 0 Å². The zero-order valence-electron chi connectivity index (χ0n) is 9.51. The minimum Gasteiger partial charge on any atom is -0.311 e. The third-order valence-electron chi connectivity index (χ3n) is 2.34. The van der Waals surface area contributed by atoms with Gasteiger partial charge in [-0.15, -0.1) is 0 Å². The number of nitrogens with one attached hydrogen (secondary N) is 1. The molecule has 0 radical (unpaired) electrons. The quantitative estimate of drug-likeness (QED) is 0.754. The first-order chi connectivity index (χ1) is 6.64. The fourth-order valence-electron chi connectivity index (χ4n) is 1.63. The lowest BCUT2D eigenvalue weighted by molar-refractivity contribution is 0.387. The molecule has 0 unspecified atom stereocenters. The van der Waals surface area contributed by atoms with E-state index in [2.05, 4.69) is 56.4 Å². The van der Waals surface area contributed by atoms with Crippen molar-refractivity contribution in [3.8, 4) is 0 Å². The van der Waals surface area contributed by atoms with Gasteiger partial charge in [0.15, 0.2) is 0 Å². The van der Waals surface area contributed by atoms with Crippen molar-refractivity contribution in [2.24, 2.45) is 0 Å². The van der Waals surface area contributed by atoms with E-state index in [9.17, 15) is 0 Å². The van der Waals surface area contributed by atoms with Gasteiger partial charge >= 0.3 is 0 Å². The molecule has 0 amide bonds. The maximum atomic E-state index is 3.56. The molecule has 0 atom stereocenters. The van der Waals surface area contributed by atoms with Gasteiger partial charge in [0.05, 0.1) is 0 Å². The van der Waals surface area contributed by atoms with Crippen LogP contribution in [0, 0.1) is 0 Å². The smallest absolute Gasteiger partial charge is 0.0165 e. The summed E-state index contributed by atoms with van der Waals surface area (Å²) in [6.07, 6.45) is 2.28. The summed E-state index contributed by atoms with van der Waals surface area (Å²) in [4.78, 5) is 0. The van der Waals surface area contributed by atoms with E-state index in [0.29, 0.717) is 0 Å². The standard InChI is InChI=1S/C13H21N/c1-4-10-14-13(2,3)11-12-8-6-5-7-9-12/h5-9,14H,4,10-11H2,1-3H3. The highest BCUT2D eigenvalue weighted by atomic mass is 14.9. The van der Waals surface area contributed by atoms with E-state index in [1.807, 2.05) is 0 Å². The molecule has 0 aliphatic carbocycles. The van der Waals surface area contributed by atoms with Crippen molar-refractivity contribution in [1.82, 2.24) is 5.32 Å². The molecule has 1 rings (SSSR count). The number of hydrogen-bond donors (Lipinski definition) is 1. The second-order valence-electron chi connectivity index (χ2n) is 4.47. The van der Waals surface area contributed by atoms with E-state index in [1.54, 1.807) is 0 Å². The van der Waals surface area contributed by atoms with Crippen molar-refractivity contribution in [3.05, 3.63) is 35.9 Å². The van der Waals surface area contributed by atoms with Crippen LogP contribution in [0.5, 0.6) is 0 Å². The molecule has 78 valence electrons. The molecule has 1 aromatic carbocycles. The lowest BCUT2D eigenvalue weighted by atomic mass is 9.95. The topological polar surface area (TPSA) is 12.0 Å². The maximum Gasteiger partial charge on any atom is 0.0165 e. The molecule has 0 aromatic heterocycles. The summed E-state index contributed by atoms with van der Waals surface area (Å²) >= 11 is 0. The minimum atomic E-state index is 0.206. The molecule has 0 aliphatic heterocycles. The van der Waals surface area contributed by atoms with Crippen LogP contribution in [0.3, 0.4) is 0 Å². The molecule has 1 aromatic rings. The van der Waals surface area contributed by atoms with Gasteiger partial charge in [-0.1, -0.05) is 37.3 Å². The first-order valence-electron chi connectivity index (χ1n) is 5.43. The third-order valence-corrected chi connectivity index (χ3v) is 2.34. The Bertz CT molecular complexity index is 251. The highest BCUT2D eigenvalue weighted by Gasteiger charge is 2.16. The minimum absolute atomic E-state index is 0.206. The van der Waals surface area contributed by atoms with Gasteiger partial charge in [-0.2, -0.15) is 0 Å². The van der Waals surface area contributed by atoms with E-state index in [4.69, 9.17) is 0 Å². The Labute approximate surface area is 87.5 Å². The van der Waals surface area contributed by atoms with Gasteiger partial charge < -0.3 is 5.32 Å². The maximum absolute atomic E-state index is 3.56. The molecule has 1 nitrogen and oxygen atoms in total. The normalized spacial score (nSPS) is 11.6. The zero-order valence-corrected chi connectivity index (χ0v) is 9.51. The van der Waals surface area contributed by atoms with Crippen molar-refractivity contribution in [1.29, 1.82) is 0 Å². The molecule has 0 bridgehead atoms. The zero-order chi connectivity index (χ0) is 10.4. The van der Waals surface area contributed by atoms with E-state index >= 15 is 0 Å². The van der Waals surface area contributed by atoms with Crippen LogP contribution in [-0.4, -0.2) is 12.1 Å². The third kappa shape index (κ3) is 3.93. The number of benzene rings is 1. The average Bonchev–Trinajstić information content (AvgIpc) is 2.16. The predicted octanol–water partition coefficient (Wildman–Crippen LogP) is 3.01. The highest BCUT2D eigenvalue weighted by Crippen LogP contribution is 2.11. The van der Waals surface area contributed by atoms with Gasteiger partial charge in [0, 0.05) is 5.54 Å². The number of rotatable bonds is 5. The van der Waals surface area contributed by atoms with E-state index in [0.717, 1.165) is 13.0 Å². The van der Waals surface area contributed by atoms with Crippen LogP contribution in [0.15, 0.2) is 30.3 Å². The van der Waals surface area contributed by atoms with Crippen LogP contribution in [-0.2, 0) is 6.42 Å². The van der Waals surface area contributed by atoms with Gasteiger partial charge in [-0.3, -0.25) is 0 Å². The molecular formula is C13H21N. The molecule has 14 heavy (non-hydrogen) atoms. The Balaban J connectivity index is 2.50. The Kier molecular flexibility index (Phi) is 4.15. The van der Waals surface area contributed by atoms with Gasteiger partial charge in [0.2, 0.25) is 0 Å². The molecule has 1 N–H and O–H groups in total. The summed E-state index contributed by atoms with van der Waals surface area (Å²) < 4.78 is 0. The molecule has 0 saturated heterocycles. The summed E-state index contributed by atoms with van der Waals surface area (Å²) in [5.41, 5.74) is 1.61. The van der Waals surface area contributed by atoms with Crippen LogP contribution in [0.1, 0.15) is 32.8 Å². The first-order valence-corrected chi connectivity index (χ1v) is 5.43. The van der Waals surface area contributed by atoms with Crippen LogP contribution >= 0.6 is 0 Å². The van der Waals surface area contributed by atoms with Crippen molar-refractivity contribution < 1.29 is 0 Å². The van der Waals surface area contributed by atoms with Gasteiger partial charge in [0.1, 0.15) is 0 Å². The van der Waals surface area contributed by atoms with Crippen molar-refractivity contribution in [2.45, 2.75) is 39.2 Å². The molecule has 0 heterocycles. The highest BCUT2D eigenvalue weighted by molar-refractivity contribution is 5.17. The summed E-state index contributed by atoms with van der Waals surface area (Å²) in [6, 6.07) is 10.6. The Morgan fingerprint density at radius 1 is 1.14 bits per heavy atom. The first kappa shape index (κ1) is 11.3. The second kappa shape index (κ2) is 5.16. The van der Waals surface area contributed by atoms with Crippen molar-refractivity contribution >= 4 is 0 Å². The van der Waals surface area contributed by atoms with Crippen LogP contribution < -0.4 is 5.32 Å². The predicted molar refractivity (Wildman–Crippen MR) is 62.5 cm³/mol. The molecule has 0 spiro atoms. The summed E-state index contributed by atoms with van der Waals surface area (Å²) in [5.74, 6) is 0. The van der Waals surface area contributed by atoms with Gasteiger partial charge in [-0.05, 0) is 38.8 Å². The Morgan fingerprint density at radius 2 is 1.79 bits per heavy atom. The lowest BCUT2D eigenvalue weighted by Crippen LogP contribution is -2.41. The summed E-state index contributed by atoms with van der Waals surface area (Å²) in [6.45, 7) is 7.82. The van der Waals surface area contributed by atoms with Crippen molar-refractivity contribution in [3.63, 3.8) is 0 Å². The van der Waals surface area contributed by atoms with E-state index in [1.165, 1.54) is 12.0 Å². The van der Waals surface area contributed by atoms with Crippen LogP contribution in [0.4, 0.5) is 0 Å². The molecule has 0 fully saturated rings. The Hall–Kier alpha value is -0.820. The largest absolute Gasteiger partial charge is 0.311 e. The van der Waals surface area contributed by atoms with Gasteiger partial charge in [-0.25, -0.2) is 0 Å².